The smallest absolute Gasteiger partial charge is 0.225 e. The molecular weight excluding hydrogens is 328 g/mol. The molecule has 3 unspecified atom stereocenters. The van der Waals surface area contributed by atoms with E-state index < -0.39 is 17.7 Å². The van der Waals surface area contributed by atoms with E-state index in [0.29, 0.717) is 0 Å². The molecule has 1 aromatic rings. The summed E-state index contributed by atoms with van der Waals surface area (Å²) in [7, 11) is 0. The molecule has 3 rings (SSSR count). The normalized spacial score (nSPS) is 23.9. The molecule has 2 saturated heterocycles. The highest BCUT2D eigenvalue weighted by Gasteiger charge is 2.38. The van der Waals surface area contributed by atoms with Gasteiger partial charge in [-0.15, -0.1) is 0 Å². The van der Waals surface area contributed by atoms with E-state index >= 15 is 0 Å². The van der Waals surface area contributed by atoms with Crippen LogP contribution in [-0.4, -0.2) is 41.9 Å². The number of benzene rings is 1. The zero-order valence-electron chi connectivity index (χ0n) is 14.2. The Kier molecular flexibility index (Phi) is 5.32. The van der Waals surface area contributed by atoms with Crippen molar-refractivity contribution >= 4 is 11.8 Å². The molecule has 7 heteroatoms. The second-order valence-corrected chi connectivity index (χ2v) is 6.80. The van der Waals surface area contributed by atoms with E-state index in [4.69, 9.17) is 0 Å². The van der Waals surface area contributed by atoms with Crippen molar-refractivity contribution in [3.8, 4) is 0 Å². The Bertz CT molecular complexity index is 654. The van der Waals surface area contributed by atoms with E-state index in [-0.39, 0.29) is 35.9 Å². The Hall–Kier alpha value is -2.02. The van der Waals surface area contributed by atoms with Crippen LogP contribution in [0.3, 0.4) is 0 Å². The molecule has 0 aliphatic carbocycles. The summed E-state index contributed by atoms with van der Waals surface area (Å²) in [4.78, 5) is 26.3. The van der Waals surface area contributed by atoms with E-state index in [1.54, 1.807) is 0 Å². The van der Waals surface area contributed by atoms with Crippen molar-refractivity contribution in [1.29, 1.82) is 0 Å². The standard InChI is InChI=1S/C18H23F2N3O2/c1-11(24)22-17(15-5-2-12(19)8-16(15)20)9-18(25)23-13-3-4-14(23)10-21-7-6-13/h2,5,8,13-14,17,21H,3-4,6-7,9-10H2,1H3,(H,22,24). The number of hydrogen-bond donors (Lipinski definition) is 2. The Labute approximate surface area is 145 Å². The van der Waals surface area contributed by atoms with E-state index in [1.807, 2.05) is 4.90 Å². The van der Waals surface area contributed by atoms with Crippen LogP contribution in [0, 0.1) is 11.6 Å². The molecule has 2 fully saturated rings. The largest absolute Gasteiger partial charge is 0.349 e. The molecule has 5 nitrogen and oxygen atoms in total. The fourth-order valence-corrected chi connectivity index (χ4v) is 3.94. The highest BCUT2D eigenvalue weighted by Crippen LogP contribution is 2.30. The van der Waals surface area contributed by atoms with Gasteiger partial charge in [0.1, 0.15) is 11.6 Å². The van der Waals surface area contributed by atoms with Gasteiger partial charge in [-0.2, -0.15) is 0 Å². The lowest BCUT2D eigenvalue weighted by atomic mass is 10.0. The van der Waals surface area contributed by atoms with Gasteiger partial charge >= 0.3 is 0 Å². The minimum absolute atomic E-state index is 0.0326. The maximum Gasteiger partial charge on any atom is 0.225 e. The molecule has 0 radical (unpaired) electrons. The van der Waals surface area contributed by atoms with Crippen molar-refractivity contribution in [3.05, 3.63) is 35.4 Å². The van der Waals surface area contributed by atoms with Crippen LogP contribution in [0.5, 0.6) is 0 Å². The summed E-state index contributed by atoms with van der Waals surface area (Å²) in [6.07, 6.45) is 2.81. The highest BCUT2D eigenvalue weighted by molar-refractivity contribution is 5.80. The first-order chi connectivity index (χ1) is 12.0. The van der Waals surface area contributed by atoms with Gasteiger partial charge in [-0.25, -0.2) is 8.78 Å². The van der Waals surface area contributed by atoms with Crippen molar-refractivity contribution in [2.45, 2.75) is 50.7 Å². The number of rotatable bonds is 4. The maximum absolute atomic E-state index is 14.1. The number of hydrogen-bond acceptors (Lipinski definition) is 3. The number of halogens is 2. The van der Waals surface area contributed by atoms with Gasteiger partial charge in [-0.3, -0.25) is 9.59 Å². The lowest BCUT2D eigenvalue weighted by molar-refractivity contribution is -0.134. The van der Waals surface area contributed by atoms with Crippen LogP contribution < -0.4 is 10.6 Å². The minimum Gasteiger partial charge on any atom is -0.349 e. The molecule has 136 valence electrons. The number of carbonyl (C=O) groups excluding carboxylic acids is 2. The SMILES string of the molecule is CC(=O)NC(CC(=O)N1C2CCNCC1CC2)c1ccc(F)cc1F. The van der Waals surface area contributed by atoms with Crippen LogP contribution in [0.15, 0.2) is 18.2 Å². The van der Waals surface area contributed by atoms with Gasteiger partial charge in [0.15, 0.2) is 0 Å². The van der Waals surface area contributed by atoms with Crippen LogP contribution in [0.25, 0.3) is 0 Å². The molecular formula is C18H23F2N3O2. The van der Waals surface area contributed by atoms with Gasteiger partial charge in [-0.05, 0) is 31.9 Å². The van der Waals surface area contributed by atoms with Crippen molar-refractivity contribution < 1.29 is 18.4 Å². The van der Waals surface area contributed by atoms with Gasteiger partial charge in [0.05, 0.1) is 12.5 Å². The summed E-state index contributed by atoms with van der Waals surface area (Å²) in [5.74, 6) is -1.90. The van der Waals surface area contributed by atoms with Crippen LogP contribution >= 0.6 is 0 Å². The van der Waals surface area contributed by atoms with E-state index in [2.05, 4.69) is 10.6 Å². The molecule has 2 aliphatic heterocycles. The van der Waals surface area contributed by atoms with Gasteiger partial charge in [0, 0.05) is 37.2 Å². The van der Waals surface area contributed by atoms with Gasteiger partial charge in [0.25, 0.3) is 0 Å². The molecule has 2 N–H and O–H groups in total. The Morgan fingerprint density at radius 3 is 2.76 bits per heavy atom. The maximum atomic E-state index is 14.1. The average molecular weight is 351 g/mol. The first-order valence-electron chi connectivity index (χ1n) is 8.69. The topological polar surface area (TPSA) is 61.4 Å². The van der Waals surface area contributed by atoms with Crippen LogP contribution in [0.1, 0.15) is 44.2 Å². The highest BCUT2D eigenvalue weighted by atomic mass is 19.1. The lowest BCUT2D eigenvalue weighted by Gasteiger charge is -2.30. The number of amides is 2. The Morgan fingerprint density at radius 1 is 1.28 bits per heavy atom. The molecule has 25 heavy (non-hydrogen) atoms. The summed E-state index contributed by atoms with van der Waals surface area (Å²) in [6, 6.07) is 2.74. The fraction of sp³-hybridized carbons (Fsp3) is 0.556. The zero-order chi connectivity index (χ0) is 18.0. The van der Waals surface area contributed by atoms with Crippen molar-refractivity contribution in [1.82, 2.24) is 15.5 Å². The summed E-state index contributed by atoms with van der Waals surface area (Å²) in [5.41, 5.74) is 0.130. The number of fused-ring (bicyclic) bond motifs is 2. The van der Waals surface area contributed by atoms with E-state index in [0.717, 1.165) is 44.5 Å². The molecule has 2 amide bonds. The van der Waals surface area contributed by atoms with Crippen molar-refractivity contribution in [2.75, 3.05) is 13.1 Å². The second-order valence-electron chi connectivity index (χ2n) is 6.80. The fourth-order valence-electron chi connectivity index (χ4n) is 3.94. The number of nitrogens with zero attached hydrogens (tertiary/aromatic N) is 1. The van der Waals surface area contributed by atoms with Crippen LogP contribution in [0.4, 0.5) is 8.78 Å². The van der Waals surface area contributed by atoms with Crippen LogP contribution in [0.2, 0.25) is 0 Å². The third-order valence-electron chi connectivity index (χ3n) is 5.04. The lowest BCUT2D eigenvalue weighted by Crippen LogP contribution is -2.44. The second kappa shape index (κ2) is 7.47. The zero-order valence-corrected chi connectivity index (χ0v) is 14.2. The van der Waals surface area contributed by atoms with Gasteiger partial charge in [-0.1, -0.05) is 6.07 Å². The van der Waals surface area contributed by atoms with Gasteiger partial charge in [0.2, 0.25) is 11.8 Å². The summed E-state index contributed by atoms with van der Waals surface area (Å²) < 4.78 is 27.3. The summed E-state index contributed by atoms with van der Waals surface area (Å²) >= 11 is 0. The van der Waals surface area contributed by atoms with E-state index in [1.165, 1.54) is 13.0 Å². The first kappa shape index (κ1) is 17.8. The number of carbonyl (C=O) groups is 2. The third-order valence-corrected chi connectivity index (χ3v) is 5.04. The predicted molar refractivity (Wildman–Crippen MR) is 88.7 cm³/mol. The Balaban J connectivity index is 1.80. The third kappa shape index (κ3) is 3.98. The van der Waals surface area contributed by atoms with Crippen molar-refractivity contribution in [2.24, 2.45) is 0 Å². The molecule has 0 saturated carbocycles. The molecule has 3 atom stereocenters. The molecule has 1 aromatic carbocycles. The predicted octanol–water partition coefficient (Wildman–Crippen LogP) is 1.89. The molecule has 0 spiro atoms. The minimum atomic E-state index is -0.804. The molecule has 0 aromatic heterocycles. The van der Waals surface area contributed by atoms with Crippen molar-refractivity contribution in [3.63, 3.8) is 0 Å². The molecule has 2 bridgehead atoms. The Morgan fingerprint density at radius 2 is 2.04 bits per heavy atom. The number of nitrogens with one attached hydrogen (secondary N) is 2. The monoisotopic (exact) mass is 351 g/mol. The first-order valence-corrected chi connectivity index (χ1v) is 8.69. The summed E-state index contributed by atoms with van der Waals surface area (Å²) in [5, 5.41) is 5.96. The van der Waals surface area contributed by atoms with E-state index in [9.17, 15) is 18.4 Å². The summed E-state index contributed by atoms with van der Waals surface area (Å²) in [6.45, 7) is 2.96. The van der Waals surface area contributed by atoms with Gasteiger partial charge < -0.3 is 15.5 Å². The van der Waals surface area contributed by atoms with Crippen LogP contribution in [-0.2, 0) is 9.59 Å². The molecule has 2 heterocycles. The quantitative estimate of drug-likeness (QED) is 0.871. The average Bonchev–Trinajstić information content (AvgIpc) is 2.79. The molecule has 2 aliphatic rings.